The van der Waals surface area contributed by atoms with E-state index in [-0.39, 0.29) is 34.4 Å². The summed E-state index contributed by atoms with van der Waals surface area (Å²) in [6.07, 6.45) is 8.60. The van der Waals surface area contributed by atoms with Gasteiger partial charge in [0.25, 0.3) is 0 Å². The lowest BCUT2D eigenvalue weighted by Crippen LogP contribution is -2.72. The summed E-state index contributed by atoms with van der Waals surface area (Å²) < 4.78 is 6.22. The van der Waals surface area contributed by atoms with Gasteiger partial charge in [0.1, 0.15) is 12.2 Å². The molecule has 4 fully saturated rings. The maximum atomic E-state index is 12.8. The topological polar surface area (TPSA) is 46.6 Å². The molecule has 7 unspecified atom stereocenters. The van der Waals surface area contributed by atoms with Gasteiger partial charge in [0.05, 0.1) is 0 Å². The Kier molecular flexibility index (Phi) is 2.93. The third-order valence-corrected chi connectivity index (χ3v) is 8.02. The van der Waals surface area contributed by atoms with Crippen molar-refractivity contribution in [3.63, 3.8) is 0 Å². The molecule has 2 heterocycles. The first kappa shape index (κ1) is 15.0. The largest absolute Gasteiger partial charge is 0.358 e. The van der Waals surface area contributed by atoms with E-state index in [1.54, 1.807) is 6.08 Å². The van der Waals surface area contributed by atoms with Crippen LogP contribution in [0.25, 0.3) is 0 Å². The highest BCUT2D eigenvalue weighted by atomic mass is 16.5. The Morgan fingerprint density at radius 3 is 3.04 bits per heavy atom. The van der Waals surface area contributed by atoms with E-state index in [0.29, 0.717) is 18.4 Å². The van der Waals surface area contributed by atoms with E-state index in [2.05, 4.69) is 24.5 Å². The van der Waals surface area contributed by atoms with Crippen LogP contribution in [-0.4, -0.2) is 47.8 Å². The van der Waals surface area contributed by atoms with Gasteiger partial charge in [-0.25, -0.2) is 0 Å². The molecule has 0 aromatic heterocycles. The summed E-state index contributed by atoms with van der Waals surface area (Å²) in [7, 11) is 0. The zero-order chi connectivity index (χ0) is 16.7. The summed E-state index contributed by atoms with van der Waals surface area (Å²) in [4.78, 5) is 27.8. The molecule has 2 saturated carbocycles. The third-order valence-electron chi connectivity index (χ3n) is 8.02. The fourth-order valence-electron chi connectivity index (χ4n) is 7.10. The molecule has 2 bridgehead atoms. The average molecular weight is 327 g/mol. The molecule has 1 spiro atoms. The second-order valence-corrected chi connectivity index (χ2v) is 8.60. The highest BCUT2D eigenvalue weighted by molar-refractivity contribution is 5.97. The van der Waals surface area contributed by atoms with Crippen molar-refractivity contribution in [2.45, 2.75) is 50.9 Å². The van der Waals surface area contributed by atoms with Crippen LogP contribution in [0.5, 0.6) is 0 Å². The van der Waals surface area contributed by atoms with Crippen molar-refractivity contribution in [3.8, 4) is 0 Å². The summed E-state index contributed by atoms with van der Waals surface area (Å²) in [5.74, 6) is 0.846. The van der Waals surface area contributed by atoms with E-state index in [1.807, 2.05) is 6.08 Å². The SMILES string of the molecule is C=CCN1CCC23C4OC5C(=O)C=CC(CC1C2(C)CCC4=O)C53. The molecule has 0 aromatic carbocycles. The maximum Gasteiger partial charge on any atom is 0.184 e. The first-order chi connectivity index (χ1) is 11.5. The molecule has 24 heavy (non-hydrogen) atoms. The minimum Gasteiger partial charge on any atom is -0.358 e. The molecule has 0 radical (unpaired) electrons. The van der Waals surface area contributed by atoms with Crippen molar-refractivity contribution < 1.29 is 14.3 Å². The molecule has 0 aromatic rings. The molecule has 4 heteroatoms. The van der Waals surface area contributed by atoms with Crippen LogP contribution in [0.4, 0.5) is 0 Å². The first-order valence-corrected chi connectivity index (χ1v) is 9.28. The van der Waals surface area contributed by atoms with Crippen LogP contribution in [0.2, 0.25) is 0 Å². The number of hydrogen-bond donors (Lipinski definition) is 0. The molecule has 5 aliphatic rings. The summed E-state index contributed by atoms with van der Waals surface area (Å²) >= 11 is 0. The van der Waals surface area contributed by atoms with Crippen molar-refractivity contribution in [1.29, 1.82) is 0 Å². The molecule has 0 N–H and O–H groups in total. The Morgan fingerprint density at radius 2 is 2.25 bits per heavy atom. The van der Waals surface area contributed by atoms with Gasteiger partial charge in [-0.1, -0.05) is 19.1 Å². The Bertz CT molecular complexity index is 670. The van der Waals surface area contributed by atoms with Crippen molar-refractivity contribution in [1.82, 2.24) is 4.90 Å². The van der Waals surface area contributed by atoms with E-state index >= 15 is 0 Å². The van der Waals surface area contributed by atoms with Gasteiger partial charge in [-0.3, -0.25) is 14.5 Å². The second kappa shape index (κ2) is 4.67. The number of carbonyl (C=O) groups excluding carboxylic acids is 2. The monoisotopic (exact) mass is 327 g/mol. The van der Waals surface area contributed by atoms with E-state index < -0.39 is 6.10 Å². The minimum atomic E-state index is -0.390. The lowest BCUT2D eigenvalue weighted by atomic mass is 9.39. The fourth-order valence-corrected chi connectivity index (χ4v) is 7.10. The van der Waals surface area contributed by atoms with Crippen molar-refractivity contribution in [2.24, 2.45) is 22.7 Å². The second-order valence-electron chi connectivity index (χ2n) is 8.60. The van der Waals surface area contributed by atoms with E-state index in [4.69, 9.17) is 4.74 Å². The Morgan fingerprint density at radius 1 is 1.42 bits per heavy atom. The molecule has 128 valence electrons. The van der Waals surface area contributed by atoms with Gasteiger partial charge in [0.2, 0.25) is 0 Å². The minimum absolute atomic E-state index is 0.0498. The predicted molar refractivity (Wildman–Crippen MR) is 89.4 cm³/mol. The number of allylic oxidation sites excluding steroid dienone is 1. The van der Waals surface area contributed by atoms with Crippen molar-refractivity contribution >= 4 is 11.6 Å². The average Bonchev–Trinajstić information content (AvgIpc) is 2.91. The number of rotatable bonds is 2. The number of nitrogens with zero attached hydrogens (tertiary/aromatic N) is 1. The zero-order valence-electron chi connectivity index (χ0n) is 14.2. The third kappa shape index (κ3) is 1.49. The number of piperidine rings is 1. The van der Waals surface area contributed by atoms with Gasteiger partial charge in [0, 0.05) is 30.3 Å². The lowest BCUT2D eigenvalue weighted by Gasteiger charge is -2.68. The van der Waals surface area contributed by atoms with Gasteiger partial charge in [-0.2, -0.15) is 0 Å². The Hall–Kier alpha value is -1.26. The van der Waals surface area contributed by atoms with Crippen LogP contribution in [0, 0.1) is 22.7 Å². The zero-order valence-corrected chi connectivity index (χ0v) is 14.2. The number of ether oxygens (including phenoxy) is 1. The van der Waals surface area contributed by atoms with E-state index in [1.165, 1.54) is 0 Å². The van der Waals surface area contributed by atoms with Crippen molar-refractivity contribution in [2.75, 3.05) is 13.1 Å². The van der Waals surface area contributed by atoms with Crippen molar-refractivity contribution in [3.05, 3.63) is 24.8 Å². The van der Waals surface area contributed by atoms with Crippen LogP contribution in [0.1, 0.15) is 32.6 Å². The normalized spacial score (nSPS) is 52.3. The highest BCUT2D eigenvalue weighted by Crippen LogP contribution is 2.71. The number of likely N-dealkylation sites (tertiary alicyclic amines) is 1. The van der Waals surface area contributed by atoms with Gasteiger partial charge in [-0.05, 0) is 43.2 Å². The molecule has 7 atom stereocenters. The molecular weight excluding hydrogens is 302 g/mol. The highest BCUT2D eigenvalue weighted by Gasteiger charge is 2.75. The summed E-state index contributed by atoms with van der Waals surface area (Å²) in [6.45, 7) is 8.19. The number of ketones is 2. The first-order valence-electron chi connectivity index (χ1n) is 9.28. The van der Waals surface area contributed by atoms with Crippen LogP contribution in [-0.2, 0) is 14.3 Å². The molecular formula is C20H25NO3. The molecule has 3 aliphatic carbocycles. The Labute approximate surface area is 142 Å². The van der Waals surface area contributed by atoms with Crippen LogP contribution in [0.15, 0.2) is 24.8 Å². The fraction of sp³-hybridized carbons (Fsp3) is 0.700. The lowest BCUT2D eigenvalue weighted by molar-refractivity contribution is -0.195. The van der Waals surface area contributed by atoms with Crippen LogP contribution >= 0.6 is 0 Å². The van der Waals surface area contributed by atoms with Crippen LogP contribution in [0.3, 0.4) is 0 Å². The van der Waals surface area contributed by atoms with E-state index in [0.717, 1.165) is 32.4 Å². The van der Waals surface area contributed by atoms with Gasteiger partial charge >= 0.3 is 0 Å². The maximum absolute atomic E-state index is 12.8. The van der Waals surface area contributed by atoms with E-state index in [9.17, 15) is 9.59 Å². The molecule has 2 aliphatic heterocycles. The van der Waals surface area contributed by atoms with Crippen LogP contribution < -0.4 is 0 Å². The molecule has 0 amide bonds. The van der Waals surface area contributed by atoms with Gasteiger partial charge in [0.15, 0.2) is 11.6 Å². The summed E-state index contributed by atoms with van der Waals surface area (Å²) in [6, 6.07) is 0.446. The number of Topliss-reactive ketones (excluding diaryl/α,β-unsaturated/α-hetero) is 1. The molecule has 4 nitrogen and oxygen atoms in total. The Balaban J connectivity index is 1.70. The molecule has 5 rings (SSSR count). The number of carbonyl (C=O) groups is 2. The quantitative estimate of drug-likeness (QED) is 0.729. The van der Waals surface area contributed by atoms with Gasteiger partial charge in [-0.15, -0.1) is 6.58 Å². The number of hydrogen-bond acceptors (Lipinski definition) is 4. The molecule has 2 saturated heterocycles. The van der Waals surface area contributed by atoms with Gasteiger partial charge < -0.3 is 4.74 Å². The smallest absolute Gasteiger partial charge is 0.184 e. The standard InChI is InChI=1S/C20H25NO3/c1-3-9-21-10-8-20-16-12-4-5-13(22)17(16)24-18(20)14(23)6-7-19(20,2)15(21)11-12/h3-5,12,15-18H,1,6-11H2,2H3. The summed E-state index contributed by atoms with van der Waals surface area (Å²) in [5, 5.41) is 0. The summed E-state index contributed by atoms with van der Waals surface area (Å²) in [5.41, 5.74) is -0.104. The predicted octanol–water partition coefficient (Wildman–Crippen LogP) is 2.14.